The third kappa shape index (κ3) is 5.96. The van der Waals surface area contributed by atoms with Crippen LogP contribution in [0.1, 0.15) is 34.4 Å². The van der Waals surface area contributed by atoms with Crippen molar-refractivity contribution in [2.45, 2.75) is 12.1 Å². The van der Waals surface area contributed by atoms with Gasteiger partial charge in [-0.15, -0.1) is 0 Å². The predicted molar refractivity (Wildman–Crippen MR) is 138 cm³/mol. The number of β-amino-alcohol motifs (C(OH)–C–C–N with tert-alkyl or cyclic N) is 1. The maximum absolute atomic E-state index is 10.9. The van der Waals surface area contributed by atoms with Gasteiger partial charge in [0.25, 0.3) is 0 Å². The Morgan fingerprint density at radius 2 is 1.83 bits per heavy atom. The molecule has 2 N–H and O–H groups in total. The number of benzene rings is 3. The van der Waals surface area contributed by atoms with E-state index < -0.39 is 6.10 Å². The molecule has 184 valence electrons. The van der Waals surface area contributed by atoms with Crippen molar-refractivity contribution in [1.82, 2.24) is 4.90 Å². The largest absolute Gasteiger partial charge is 0.491 e. The molecule has 1 fully saturated rings. The SMILES string of the molecule is N#Cc1cccc([C@H](O)CN2CCN(c3ccc(OCCO)cc3C#N)[C@H](c3ccc(Cl)cc3)C2)c1. The zero-order valence-corrected chi connectivity index (χ0v) is 20.5. The number of piperazine rings is 1. The van der Waals surface area contributed by atoms with Gasteiger partial charge in [0.05, 0.1) is 41.6 Å². The van der Waals surface area contributed by atoms with Crippen LogP contribution in [-0.4, -0.2) is 54.5 Å². The Bertz CT molecular complexity index is 1270. The van der Waals surface area contributed by atoms with Crippen LogP contribution in [0.3, 0.4) is 0 Å². The number of nitrogens with zero attached hydrogens (tertiary/aromatic N) is 4. The van der Waals surface area contributed by atoms with E-state index >= 15 is 0 Å². The van der Waals surface area contributed by atoms with Gasteiger partial charge in [-0.3, -0.25) is 4.90 Å². The van der Waals surface area contributed by atoms with E-state index in [2.05, 4.69) is 21.9 Å². The van der Waals surface area contributed by atoms with Crippen molar-refractivity contribution >= 4 is 17.3 Å². The molecule has 0 amide bonds. The lowest BCUT2D eigenvalue weighted by Gasteiger charge is -2.44. The quantitative estimate of drug-likeness (QED) is 0.479. The number of aliphatic hydroxyl groups excluding tert-OH is 2. The summed E-state index contributed by atoms with van der Waals surface area (Å²) in [5, 5.41) is 39.6. The maximum Gasteiger partial charge on any atom is 0.120 e. The second kappa shape index (κ2) is 11.9. The molecule has 3 aromatic rings. The maximum atomic E-state index is 10.9. The molecule has 36 heavy (non-hydrogen) atoms. The highest BCUT2D eigenvalue weighted by atomic mass is 35.5. The Kier molecular flexibility index (Phi) is 8.43. The third-order valence-electron chi connectivity index (χ3n) is 6.31. The lowest BCUT2D eigenvalue weighted by atomic mass is 9.99. The van der Waals surface area contributed by atoms with Gasteiger partial charge in [-0.25, -0.2) is 0 Å². The molecule has 2 atom stereocenters. The minimum absolute atomic E-state index is 0.0787. The van der Waals surface area contributed by atoms with Crippen LogP contribution in [-0.2, 0) is 0 Å². The van der Waals surface area contributed by atoms with Crippen molar-refractivity contribution in [2.24, 2.45) is 0 Å². The number of aliphatic hydroxyl groups is 2. The zero-order valence-electron chi connectivity index (χ0n) is 19.7. The van der Waals surface area contributed by atoms with Gasteiger partial charge in [0.1, 0.15) is 18.4 Å². The number of nitriles is 2. The highest BCUT2D eigenvalue weighted by molar-refractivity contribution is 6.30. The summed E-state index contributed by atoms with van der Waals surface area (Å²) in [5.74, 6) is 0.536. The number of ether oxygens (including phenoxy) is 1. The smallest absolute Gasteiger partial charge is 0.120 e. The second-order valence-corrected chi connectivity index (χ2v) is 9.07. The summed E-state index contributed by atoms with van der Waals surface area (Å²) in [6, 6.07) is 24.4. The zero-order chi connectivity index (χ0) is 25.5. The molecule has 3 aromatic carbocycles. The van der Waals surface area contributed by atoms with Gasteiger partial charge in [-0.05, 0) is 53.6 Å². The first-order valence-corrected chi connectivity index (χ1v) is 12.1. The first-order chi connectivity index (χ1) is 17.5. The standard InChI is InChI=1S/C28H27ClN4O3/c29-24-6-4-21(5-7-24)27-18-32(19-28(35)22-3-1-2-20(14-22)16-30)10-11-33(27)26-9-8-25(36-13-12-34)15-23(26)17-31/h1-9,14-15,27-28,34-35H,10-13,18-19H2/t27-,28+/m0/s1. The number of halogens is 1. The van der Waals surface area contributed by atoms with Crippen LogP contribution >= 0.6 is 11.6 Å². The van der Waals surface area contributed by atoms with Crippen LogP contribution in [0, 0.1) is 22.7 Å². The van der Waals surface area contributed by atoms with Crippen molar-refractivity contribution in [2.75, 3.05) is 44.3 Å². The minimum atomic E-state index is -0.728. The summed E-state index contributed by atoms with van der Waals surface area (Å²) >= 11 is 6.15. The molecule has 0 unspecified atom stereocenters. The van der Waals surface area contributed by atoms with Crippen molar-refractivity contribution in [3.05, 3.63) is 94.0 Å². The Hall–Kier alpha value is -3.59. The number of anilines is 1. The predicted octanol–water partition coefficient (Wildman–Crippen LogP) is 4.05. The normalized spacial score (nSPS) is 16.7. The van der Waals surface area contributed by atoms with E-state index in [1.165, 1.54) is 0 Å². The summed E-state index contributed by atoms with van der Waals surface area (Å²) in [6.45, 7) is 2.44. The van der Waals surface area contributed by atoms with E-state index in [9.17, 15) is 15.6 Å². The van der Waals surface area contributed by atoms with E-state index in [0.29, 0.717) is 53.6 Å². The fourth-order valence-corrected chi connectivity index (χ4v) is 4.66. The van der Waals surface area contributed by atoms with E-state index in [1.807, 2.05) is 42.5 Å². The van der Waals surface area contributed by atoms with Crippen molar-refractivity contribution < 1.29 is 14.9 Å². The number of hydrogen-bond donors (Lipinski definition) is 2. The van der Waals surface area contributed by atoms with Crippen LogP contribution < -0.4 is 9.64 Å². The van der Waals surface area contributed by atoms with Crippen LogP contribution in [0.25, 0.3) is 0 Å². The molecule has 0 aromatic heterocycles. The molecule has 0 bridgehead atoms. The van der Waals surface area contributed by atoms with Gasteiger partial charge >= 0.3 is 0 Å². The van der Waals surface area contributed by atoms with Crippen LogP contribution in [0.4, 0.5) is 5.69 Å². The average molecular weight is 503 g/mol. The van der Waals surface area contributed by atoms with E-state index in [0.717, 1.165) is 11.3 Å². The topological polar surface area (TPSA) is 104 Å². The lowest BCUT2D eigenvalue weighted by Crippen LogP contribution is -2.49. The molecular weight excluding hydrogens is 476 g/mol. The van der Waals surface area contributed by atoms with E-state index in [4.69, 9.17) is 21.4 Å². The fourth-order valence-electron chi connectivity index (χ4n) is 4.54. The van der Waals surface area contributed by atoms with Crippen LogP contribution in [0.5, 0.6) is 5.75 Å². The third-order valence-corrected chi connectivity index (χ3v) is 6.56. The molecule has 0 saturated carbocycles. The van der Waals surface area contributed by atoms with Gasteiger partial charge < -0.3 is 19.8 Å². The van der Waals surface area contributed by atoms with E-state index in [1.54, 1.807) is 24.3 Å². The van der Waals surface area contributed by atoms with Crippen LogP contribution in [0.15, 0.2) is 66.7 Å². The second-order valence-electron chi connectivity index (χ2n) is 8.64. The van der Waals surface area contributed by atoms with Crippen molar-refractivity contribution in [3.8, 4) is 17.9 Å². The van der Waals surface area contributed by atoms with Gasteiger partial charge in [0.2, 0.25) is 0 Å². The molecule has 8 heteroatoms. The molecule has 0 radical (unpaired) electrons. The average Bonchev–Trinajstić information content (AvgIpc) is 2.92. The lowest BCUT2D eigenvalue weighted by molar-refractivity contribution is 0.100. The highest BCUT2D eigenvalue weighted by Gasteiger charge is 2.31. The van der Waals surface area contributed by atoms with Gasteiger partial charge in [0.15, 0.2) is 0 Å². The molecule has 0 aliphatic carbocycles. The molecule has 1 heterocycles. The number of hydrogen-bond acceptors (Lipinski definition) is 7. The van der Waals surface area contributed by atoms with Crippen molar-refractivity contribution in [1.29, 1.82) is 10.5 Å². The fraction of sp³-hybridized carbons (Fsp3) is 0.286. The molecule has 4 rings (SSSR count). The Balaban J connectivity index is 1.59. The number of rotatable bonds is 8. The minimum Gasteiger partial charge on any atom is -0.491 e. The summed E-state index contributed by atoms with van der Waals surface area (Å²) in [6.07, 6.45) is -0.728. The van der Waals surface area contributed by atoms with Gasteiger partial charge in [-0.2, -0.15) is 10.5 Å². The van der Waals surface area contributed by atoms with Gasteiger partial charge in [-0.1, -0.05) is 35.9 Å². The molecular formula is C28H27ClN4O3. The molecule has 0 spiro atoms. The first-order valence-electron chi connectivity index (χ1n) is 11.7. The monoisotopic (exact) mass is 502 g/mol. The Morgan fingerprint density at radius 1 is 1.03 bits per heavy atom. The Labute approximate surface area is 215 Å². The molecule has 7 nitrogen and oxygen atoms in total. The van der Waals surface area contributed by atoms with Crippen molar-refractivity contribution in [3.63, 3.8) is 0 Å². The molecule has 1 aliphatic rings. The van der Waals surface area contributed by atoms with Crippen LogP contribution in [0.2, 0.25) is 5.02 Å². The molecule has 1 aliphatic heterocycles. The summed E-state index contributed by atoms with van der Waals surface area (Å²) in [4.78, 5) is 4.40. The highest BCUT2D eigenvalue weighted by Crippen LogP contribution is 2.35. The summed E-state index contributed by atoms with van der Waals surface area (Å²) < 4.78 is 5.49. The van der Waals surface area contributed by atoms with Gasteiger partial charge in [0, 0.05) is 31.2 Å². The first kappa shape index (κ1) is 25.5. The summed E-state index contributed by atoms with van der Waals surface area (Å²) in [7, 11) is 0. The Morgan fingerprint density at radius 3 is 2.56 bits per heavy atom. The summed E-state index contributed by atoms with van der Waals surface area (Å²) in [5.41, 5.74) is 3.58. The van der Waals surface area contributed by atoms with E-state index in [-0.39, 0.29) is 19.3 Å². The molecule has 1 saturated heterocycles.